The molecule has 0 saturated heterocycles. The van der Waals surface area contributed by atoms with Crippen molar-refractivity contribution in [3.8, 4) is 5.75 Å². The maximum atomic E-state index is 12.7. The van der Waals surface area contributed by atoms with Crippen LogP contribution in [0.5, 0.6) is 5.75 Å². The third-order valence-electron chi connectivity index (χ3n) is 4.97. The van der Waals surface area contributed by atoms with Gasteiger partial charge in [-0.25, -0.2) is 4.98 Å². The molecule has 5 heteroatoms. The normalized spacial score (nSPS) is 11.9. The minimum Gasteiger partial charge on any atom is -0.492 e. The quantitative estimate of drug-likeness (QED) is 0.494. The van der Waals surface area contributed by atoms with Crippen LogP contribution in [0.1, 0.15) is 18.4 Å². The fourth-order valence-corrected chi connectivity index (χ4v) is 3.20. The summed E-state index contributed by atoms with van der Waals surface area (Å²) < 4.78 is 7.70. The van der Waals surface area contributed by atoms with E-state index < -0.39 is 0 Å². The lowest BCUT2D eigenvalue weighted by molar-refractivity contribution is -0.117. The van der Waals surface area contributed by atoms with Crippen molar-refractivity contribution in [1.29, 1.82) is 0 Å². The zero-order chi connectivity index (χ0) is 20.1. The predicted octanol–water partition coefficient (Wildman–Crippen LogP) is 4.86. The summed E-state index contributed by atoms with van der Waals surface area (Å²) in [5.41, 5.74) is 1.75. The van der Waals surface area contributed by atoms with E-state index in [1.165, 1.54) is 5.39 Å². The Morgan fingerprint density at radius 1 is 1.07 bits per heavy atom. The molecule has 29 heavy (non-hydrogen) atoms. The minimum atomic E-state index is -0.245. The highest BCUT2D eigenvalue weighted by Gasteiger charge is 2.15. The van der Waals surface area contributed by atoms with Crippen molar-refractivity contribution in [2.75, 3.05) is 11.9 Å². The van der Waals surface area contributed by atoms with Crippen LogP contribution in [0.2, 0.25) is 0 Å². The molecule has 1 aromatic heterocycles. The Bertz CT molecular complexity index is 1090. The van der Waals surface area contributed by atoms with Crippen LogP contribution in [0.15, 0.2) is 85.5 Å². The van der Waals surface area contributed by atoms with Gasteiger partial charge >= 0.3 is 0 Å². The Morgan fingerprint density at radius 2 is 1.86 bits per heavy atom. The van der Waals surface area contributed by atoms with Gasteiger partial charge in [0.1, 0.15) is 12.4 Å². The van der Waals surface area contributed by atoms with Gasteiger partial charge in [0.15, 0.2) is 0 Å². The number of nitrogens with one attached hydrogen (secondary N) is 1. The molecule has 1 unspecified atom stereocenters. The SMILES string of the molecule is CC(C(=O)Nc1ccc(OCCn2ccnc2)cc1)c1ccc2ccccc2c1. The summed E-state index contributed by atoms with van der Waals surface area (Å²) in [5, 5.41) is 5.30. The van der Waals surface area contributed by atoms with Gasteiger partial charge in [-0.2, -0.15) is 0 Å². The molecule has 1 amide bonds. The van der Waals surface area contributed by atoms with Gasteiger partial charge in [0.25, 0.3) is 0 Å². The Balaban J connectivity index is 1.34. The molecular formula is C24H23N3O2. The average Bonchev–Trinajstić information content (AvgIpc) is 3.27. The van der Waals surface area contributed by atoms with Crippen LogP contribution < -0.4 is 10.1 Å². The molecule has 146 valence electrons. The van der Waals surface area contributed by atoms with Crippen molar-refractivity contribution in [1.82, 2.24) is 9.55 Å². The molecule has 4 rings (SSSR count). The number of rotatable bonds is 7. The van der Waals surface area contributed by atoms with Crippen molar-refractivity contribution in [3.05, 3.63) is 91.0 Å². The molecule has 0 aliphatic heterocycles. The molecule has 0 radical (unpaired) electrons. The number of hydrogen-bond donors (Lipinski definition) is 1. The Labute approximate surface area is 170 Å². The molecule has 0 saturated carbocycles. The first-order chi connectivity index (χ1) is 14.2. The van der Waals surface area contributed by atoms with Gasteiger partial charge in [-0.15, -0.1) is 0 Å². The molecule has 1 N–H and O–H groups in total. The molecule has 4 aromatic rings. The van der Waals surface area contributed by atoms with Crippen LogP contribution >= 0.6 is 0 Å². The number of ether oxygens (including phenoxy) is 1. The van der Waals surface area contributed by atoms with E-state index in [4.69, 9.17) is 4.74 Å². The highest BCUT2D eigenvalue weighted by molar-refractivity contribution is 5.96. The highest BCUT2D eigenvalue weighted by atomic mass is 16.5. The summed E-state index contributed by atoms with van der Waals surface area (Å²) in [5.74, 6) is 0.491. The molecule has 1 atom stereocenters. The van der Waals surface area contributed by atoms with Gasteiger partial charge in [0.05, 0.1) is 18.8 Å². The van der Waals surface area contributed by atoms with E-state index >= 15 is 0 Å². The molecule has 0 spiro atoms. The van der Waals surface area contributed by atoms with E-state index in [0.29, 0.717) is 6.61 Å². The van der Waals surface area contributed by atoms with Crippen LogP contribution in [-0.2, 0) is 11.3 Å². The highest BCUT2D eigenvalue weighted by Crippen LogP contribution is 2.23. The zero-order valence-electron chi connectivity index (χ0n) is 16.3. The number of anilines is 1. The first-order valence-electron chi connectivity index (χ1n) is 9.67. The fourth-order valence-electron chi connectivity index (χ4n) is 3.20. The number of benzene rings is 3. The van der Waals surface area contributed by atoms with Crippen molar-refractivity contribution in [3.63, 3.8) is 0 Å². The second-order valence-corrected chi connectivity index (χ2v) is 6.99. The summed E-state index contributed by atoms with van der Waals surface area (Å²) in [6, 6.07) is 21.8. The monoisotopic (exact) mass is 385 g/mol. The van der Waals surface area contributed by atoms with Crippen molar-refractivity contribution in [2.24, 2.45) is 0 Å². The molecule has 1 heterocycles. The third kappa shape index (κ3) is 4.63. The lowest BCUT2D eigenvalue weighted by Gasteiger charge is -2.14. The van der Waals surface area contributed by atoms with Gasteiger partial charge in [-0.3, -0.25) is 4.79 Å². The van der Waals surface area contributed by atoms with Gasteiger partial charge in [-0.05, 0) is 47.5 Å². The molecule has 3 aromatic carbocycles. The standard InChI is InChI=1S/C24H23N3O2/c1-18(20-7-6-19-4-2-3-5-21(19)16-20)24(28)26-22-8-10-23(11-9-22)29-15-14-27-13-12-25-17-27/h2-13,16-18H,14-15H2,1H3,(H,26,28). The summed E-state index contributed by atoms with van der Waals surface area (Å²) in [4.78, 5) is 16.7. The van der Waals surface area contributed by atoms with Gasteiger partial charge in [0, 0.05) is 18.1 Å². The largest absolute Gasteiger partial charge is 0.492 e. The smallest absolute Gasteiger partial charge is 0.231 e. The lowest BCUT2D eigenvalue weighted by atomic mass is 9.97. The first kappa shape index (κ1) is 18.7. The van der Waals surface area contributed by atoms with Gasteiger partial charge in [0.2, 0.25) is 5.91 Å². The lowest BCUT2D eigenvalue weighted by Crippen LogP contribution is -2.18. The predicted molar refractivity (Wildman–Crippen MR) is 115 cm³/mol. The first-order valence-corrected chi connectivity index (χ1v) is 9.67. The maximum absolute atomic E-state index is 12.7. The molecule has 0 aliphatic carbocycles. The second-order valence-electron chi connectivity index (χ2n) is 6.99. The third-order valence-corrected chi connectivity index (χ3v) is 4.97. The van der Waals surface area contributed by atoms with Crippen LogP contribution in [-0.4, -0.2) is 22.1 Å². The molecule has 0 fully saturated rings. The zero-order valence-corrected chi connectivity index (χ0v) is 16.3. The summed E-state index contributed by atoms with van der Waals surface area (Å²) >= 11 is 0. The number of carbonyl (C=O) groups excluding carboxylic acids is 1. The fraction of sp³-hybridized carbons (Fsp3) is 0.167. The molecular weight excluding hydrogens is 362 g/mol. The summed E-state index contributed by atoms with van der Waals surface area (Å²) in [6.07, 6.45) is 5.41. The second kappa shape index (κ2) is 8.61. The van der Waals surface area contributed by atoms with Crippen LogP contribution in [0.25, 0.3) is 10.8 Å². The number of imidazole rings is 1. The summed E-state index contributed by atoms with van der Waals surface area (Å²) in [7, 11) is 0. The van der Waals surface area contributed by atoms with Crippen molar-refractivity contribution in [2.45, 2.75) is 19.4 Å². The molecule has 0 aliphatic rings. The van der Waals surface area contributed by atoms with E-state index in [9.17, 15) is 4.79 Å². The van der Waals surface area contributed by atoms with Gasteiger partial charge in [-0.1, -0.05) is 42.5 Å². The maximum Gasteiger partial charge on any atom is 0.231 e. The topological polar surface area (TPSA) is 56.1 Å². The van der Waals surface area contributed by atoms with E-state index in [-0.39, 0.29) is 11.8 Å². The average molecular weight is 385 g/mol. The Kier molecular flexibility index (Phi) is 5.56. The minimum absolute atomic E-state index is 0.0333. The number of hydrogen-bond acceptors (Lipinski definition) is 3. The van der Waals surface area contributed by atoms with Crippen LogP contribution in [0, 0.1) is 0 Å². The van der Waals surface area contributed by atoms with E-state index in [0.717, 1.165) is 28.9 Å². The van der Waals surface area contributed by atoms with E-state index in [1.54, 1.807) is 12.5 Å². The van der Waals surface area contributed by atoms with Crippen LogP contribution in [0.3, 0.4) is 0 Å². The van der Waals surface area contributed by atoms with E-state index in [1.807, 2.05) is 60.2 Å². The number of carbonyl (C=O) groups is 1. The Morgan fingerprint density at radius 3 is 2.62 bits per heavy atom. The van der Waals surface area contributed by atoms with E-state index in [2.05, 4.69) is 34.6 Å². The van der Waals surface area contributed by atoms with Gasteiger partial charge < -0.3 is 14.6 Å². The molecule has 0 bridgehead atoms. The van der Waals surface area contributed by atoms with Crippen molar-refractivity contribution < 1.29 is 9.53 Å². The summed E-state index contributed by atoms with van der Waals surface area (Å²) in [6.45, 7) is 3.22. The van der Waals surface area contributed by atoms with Crippen LogP contribution in [0.4, 0.5) is 5.69 Å². The Hall–Kier alpha value is -3.60. The van der Waals surface area contributed by atoms with Crippen molar-refractivity contribution >= 4 is 22.4 Å². The number of fused-ring (bicyclic) bond motifs is 1. The number of aromatic nitrogens is 2. The number of amides is 1. The molecule has 5 nitrogen and oxygen atoms in total. The number of nitrogens with zero attached hydrogens (tertiary/aromatic N) is 2.